The highest BCUT2D eigenvalue weighted by molar-refractivity contribution is 8.15. The van der Waals surface area contributed by atoms with E-state index in [9.17, 15) is 48.3 Å². The van der Waals surface area contributed by atoms with Gasteiger partial charge in [0.2, 0.25) is 9.84 Å². The lowest BCUT2D eigenvalue weighted by molar-refractivity contribution is -0.143. The molecule has 0 fully saturated rings. The van der Waals surface area contributed by atoms with Crippen molar-refractivity contribution < 1.29 is 48.3 Å². The Morgan fingerprint density at radius 2 is 1.45 bits per heavy atom. The Morgan fingerprint density at radius 3 is 1.96 bits per heavy atom. The summed E-state index contributed by atoms with van der Waals surface area (Å²) < 4.78 is 130. The van der Waals surface area contributed by atoms with Crippen molar-refractivity contribution in [1.82, 2.24) is 0 Å². The number of hydrogen-bond donors (Lipinski definition) is 2. The second-order valence-corrected chi connectivity index (χ2v) is 15.3. The summed E-state index contributed by atoms with van der Waals surface area (Å²) in [6.07, 6.45) is -9.58. The maximum Gasteiger partial charge on any atom is 0.416 e. The summed E-state index contributed by atoms with van der Waals surface area (Å²) in [4.78, 5) is 17.5. The molecule has 0 bridgehead atoms. The van der Waals surface area contributed by atoms with E-state index in [2.05, 4.69) is 10.3 Å². The van der Waals surface area contributed by atoms with Crippen molar-refractivity contribution in [2.45, 2.75) is 49.2 Å². The Labute approximate surface area is 315 Å². The van der Waals surface area contributed by atoms with Gasteiger partial charge >= 0.3 is 18.4 Å². The lowest BCUT2D eigenvalue weighted by Crippen LogP contribution is -2.38. The van der Waals surface area contributed by atoms with Crippen LogP contribution in [-0.4, -0.2) is 31.4 Å². The Balaban J connectivity index is 0.000000246. The Morgan fingerprint density at radius 1 is 0.855 bits per heavy atom. The Kier molecular flexibility index (Phi) is 13.0. The summed E-state index contributed by atoms with van der Waals surface area (Å²) >= 11 is 1.45. The average molecular weight is 810 g/mol. The van der Waals surface area contributed by atoms with E-state index in [0.717, 1.165) is 12.5 Å². The first-order valence-electron chi connectivity index (χ1n) is 15.9. The third kappa shape index (κ3) is 11.3. The van der Waals surface area contributed by atoms with Crippen molar-refractivity contribution in [2.24, 2.45) is 4.99 Å². The van der Waals surface area contributed by atoms with Gasteiger partial charge in [0.1, 0.15) is 6.07 Å². The van der Waals surface area contributed by atoms with E-state index >= 15 is 0 Å². The van der Waals surface area contributed by atoms with Gasteiger partial charge < -0.3 is 10.6 Å². The van der Waals surface area contributed by atoms with Crippen LogP contribution in [0.15, 0.2) is 118 Å². The SMILES string of the molecule is CC1CN=C(N(C(=O)Nc2ccccc2)c2cccc(C(C)(F)F)c2)S1.Cc1ccc(S(=O)(=O)/C(C#N)=C/Nc2cc(C(F)(F)F)cc(C(F)(F)F)c2)cc1. The van der Waals surface area contributed by atoms with Crippen LogP contribution in [0, 0.1) is 18.3 Å². The minimum absolute atomic E-state index is 0.0663. The van der Waals surface area contributed by atoms with Crippen molar-refractivity contribution in [3.05, 3.63) is 130 Å². The number of alkyl halides is 8. The van der Waals surface area contributed by atoms with Gasteiger partial charge in [0.25, 0.3) is 5.92 Å². The van der Waals surface area contributed by atoms with Crippen LogP contribution in [0.5, 0.6) is 0 Å². The molecule has 0 saturated heterocycles. The van der Waals surface area contributed by atoms with E-state index in [-0.39, 0.29) is 21.8 Å². The van der Waals surface area contributed by atoms with Crippen LogP contribution in [0.1, 0.15) is 36.1 Å². The number of halogens is 8. The number of sulfone groups is 1. The lowest BCUT2D eigenvalue weighted by Gasteiger charge is -2.24. The highest BCUT2D eigenvalue weighted by atomic mass is 32.2. The summed E-state index contributed by atoms with van der Waals surface area (Å²) in [5.74, 6) is -2.99. The summed E-state index contributed by atoms with van der Waals surface area (Å²) in [6, 6.07) is 21.8. The van der Waals surface area contributed by atoms with Gasteiger partial charge in [0.05, 0.1) is 28.3 Å². The molecule has 2 amide bonds. The van der Waals surface area contributed by atoms with Crippen LogP contribution < -0.4 is 15.5 Å². The quantitative estimate of drug-likeness (QED) is 0.142. The molecule has 1 heterocycles. The molecule has 290 valence electrons. The van der Waals surface area contributed by atoms with Crippen LogP contribution in [0.2, 0.25) is 0 Å². The number of aryl methyl sites for hydroxylation is 1. The number of carbonyl (C=O) groups excluding carboxylic acids is 1. The first-order chi connectivity index (χ1) is 25.6. The van der Waals surface area contributed by atoms with Crippen LogP contribution in [-0.2, 0) is 28.1 Å². The van der Waals surface area contributed by atoms with Crippen molar-refractivity contribution in [3.8, 4) is 6.07 Å². The number of hydrogen-bond acceptors (Lipinski definition) is 7. The van der Waals surface area contributed by atoms with Crippen LogP contribution in [0.25, 0.3) is 0 Å². The topological polar surface area (TPSA) is 115 Å². The summed E-state index contributed by atoms with van der Waals surface area (Å²) in [7, 11) is -4.32. The number of benzene rings is 4. The van der Waals surface area contributed by atoms with Crippen molar-refractivity contribution >= 4 is 49.9 Å². The fourth-order valence-electron chi connectivity index (χ4n) is 4.72. The molecule has 8 nitrogen and oxygen atoms in total. The number of nitrogens with zero attached hydrogens (tertiary/aromatic N) is 3. The molecule has 0 spiro atoms. The minimum atomic E-state index is -5.06. The monoisotopic (exact) mass is 809 g/mol. The number of nitrogens with one attached hydrogen (secondary N) is 2. The molecule has 4 aromatic carbocycles. The standard InChI is InChI=1S/C19H19F2N3OS.C18H12F6N2O2S/c1-13-12-22-18(26-13)24(17(25)23-15-8-4-3-5-9-15)16-10-6-7-14(11-16)19(2,20)21;1-11-2-4-15(5-3-11)29(27,28)16(9-25)10-26-14-7-12(17(19,20)21)6-13(8-14)18(22,23)24/h3-11,13H,12H2,1-2H3,(H,23,25);2-8,10,26H,1H3/b;16-10+. The van der Waals surface area contributed by atoms with E-state index in [1.54, 1.807) is 25.1 Å². The third-order valence-corrected chi connectivity index (χ3v) is 10.3. The fraction of sp³-hybridized carbons (Fsp3) is 0.216. The molecular weight excluding hydrogens is 779 g/mol. The molecule has 1 aliphatic rings. The third-order valence-electron chi connectivity index (χ3n) is 7.51. The minimum Gasteiger partial charge on any atom is -0.360 e. The highest BCUT2D eigenvalue weighted by Crippen LogP contribution is 2.38. The number of carbonyl (C=O) groups is 1. The van der Waals surface area contributed by atoms with E-state index in [4.69, 9.17) is 5.26 Å². The van der Waals surface area contributed by atoms with Gasteiger partial charge in [-0.05, 0) is 61.5 Å². The first kappa shape index (κ1) is 42.3. The van der Waals surface area contributed by atoms with Gasteiger partial charge in [-0.3, -0.25) is 4.99 Å². The van der Waals surface area contributed by atoms with Crippen LogP contribution in [0.3, 0.4) is 0 Å². The number of para-hydroxylation sites is 1. The average Bonchev–Trinajstić information content (AvgIpc) is 3.53. The molecule has 5 rings (SSSR count). The molecule has 4 aromatic rings. The van der Waals surface area contributed by atoms with Gasteiger partial charge in [-0.1, -0.05) is 66.7 Å². The predicted octanol–water partition coefficient (Wildman–Crippen LogP) is 10.6. The van der Waals surface area contributed by atoms with Gasteiger partial charge in [0, 0.05) is 35.3 Å². The number of allylic oxidation sites excluding steroid dienone is 1. The largest absolute Gasteiger partial charge is 0.416 e. The normalized spacial score (nSPS) is 14.9. The number of urea groups is 1. The van der Waals surface area contributed by atoms with E-state index in [1.165, 1.54) is 65.2 Å². The Bertz CT molecular complexity index is 2180. The van der Waals surface area contributed by atoms with Gasteiger partial charge in [0.15, 0.2) is 10.1 Å². The van der Waals surface area contributed by atoms with Crippen LogP contribution >= 0.6 is 11.8 Å². The Hall–Kier alpha value is -5.41. The number of thioether (sulfide) groups is 1. The fourth-order valence-corrected chi connectivity index (χ4v) is 6.75. The maximum absolute atomic E-state index is 13.7. The number of amidine groups is 1. The van der Waals surface area contributed by atoms with Gasteiger partial charge in [-0.15, -0.1) is 0 Å². The molecule has 1 atom stereocenters. The zero-order valence-electron chi connectivity index (χ0n) is 29.0. The number of aliphatic imine (C=N–C) groups is 1. The summed E-state index contributed by atoms with van der Waals surface area (Å²) in [5, 5.41) is 14.7. The molecule has 0 saturated carbocycles. The first-order valence-corrected chi connectivity index (χ1v) is 18.3. The van der Waals surface area contributed by atoms with Gasteiger partial charge in [-0.2, -0.15) is 31.6 Å². The number of rotatable bonds is 7. The molecule has 0 aromatic heterocycles. The van der Waals surface area contributed by atoms with E-state index in [1.807, 2.05) is 30.4 Å². The van der Waals surface area contributed by atoms with Gasteiger partial charge in [-0.25, -0.2) is 26.9 Å². The summed E-state index contributed by atoms with van der Waals surface area (Å²) in [5.41, 5.74) is -2.27. The molecular formula is C37H31F8N5O3S2. The van der Waals surface area contributed by atoms with Crippen molar-refractivity contribution in [1.29, 1.82) is 5.26 Å². The predicted molar refractivity (Wildman–Crippen MR) is 195 cm³/mol. The van der Waals surface area contributed by atoms with Crippen molar-refractivity contribution in [3.63, 3.8) is 0 Å². The van der Waals surface area contributed by atoms with E-state index < -0.39 is 55.9 Å². The molecule has 0 aliphatic carbocycles. The second kappa shape index (κ2) is 16.9. The lowest BCUT2D eigenvalue weighted by atomic mass is 10.1. The molecule has 1 aliphatic heterocycles. The zero-order valence-corrected chi connectivity index (χ0v) is 30.6. The maximum atomic E-state index is 13.7. The number of amides is 2. The highest BCUT2D eigenvalue weighted by Gasteiger charge is 2.37. The molecule has 2 N–H and O–H groups in total. The zero-order chi connectivity index (χ0) is 40.8. The molecule has 55 heavy (non-hydrogen) atoms. The molecule has 18 heteroatoms. The van der Waals surface area contributed by atoms with Crippen LogP contribution in [0.4, 0.5) is 57.0 Å². The second-order valence-electron chi connectivity index (χ2n) is 12.0. The molecule has 0 radical (unpaired) electrons. The number of nitriles is 1. The van der Waals surface area contributed by atoms with Crippen molar-refractivity contribution in [2.75, 3.05) is 22.1 Å². The number of anilines is 3. The summed E-state index contributed by atoms with van der Waals surface area (Å²) in [6.45, 7) is 5.12. The van der Waals surface area contributed by atoms with E-state index in [0.29, 0.717) is 41.4 Å². The smallest absolute Gasteiger partial charge is 0.360 e. The molecule has 1 unspecified atom stereocenters.